The summed E-state index contributed by atoms with van der Waals surface area (Å²) >= 11 is 4.17. The van der Waals surface area contributed by atoms with Crippen LogP contribution in [0.2, 0.25) is 0 Å². The predicted molar refractivity (Wildman–Crippen MR) is 67.7 cm³/mol. The van der Waals surface area contributed by atoms with Gasteiger partial charge in [0.15, 0.2) is 0 Å². The standard InChI is InChI=1S/C12H14N2OS/c15-12-10(7-4-8-16)11(13-14-12)9-5-2-1-3-6-9/h1-3,5-6,10,16H,4,7-8H2,(H,14,15)/t10-/m0/s1. The number of carbonyl (C=O) groups is 1. The molecule has 0 fully saturated rings. The van der Waals surface area contributed by atoms with E-state index in [1.807, 2.05) is 30.3 Å². The highest BCUT2D eigenvalue weighted by Gasteiger charge is 2.29. The van der Waals surface area contributed by atoms with E-state index in [9.17, 15) is 4.79 Å². The molecule has 0 bridgehead atoms. The maximum atomic E-state index is 11.6. The number of hydrazone groups is 1. The molecule has 3 nitrogen and oxygen atoms in total. The Balaban J connectivity index is 2.17. The number of hydrogen-bond donors (Lipinski definition) is 2. The Hall–Kier alpha value is -1.29. The monoisotopic (exact) mass is 234 g/mol. The third kappa shape index (κ3) is 2.27. The molecule has 1 heterocycles. The van der Waals surface area contributed by atoms with E-state index in [0.29, 0.717) is 0 Å². The van der Waals surface area contributed by atoms with E-state index in [4.69, 9.17) is 0 Å². The quantitative estimate of drug-likeness (QED) is 0.767. The molecule has 84 valence electrons. The summed E-state index contributed by atoms with van der Waals surface area (Å²) in [5.74, 6) is 0.682. The Bertz CT molecular complexity index is 403. The molecule has 0 unspecified atom stereocenters. The second kappa shape index (κ2) is 5.16. The van der Waals surface area contributed by atoms with Crippen LogP contribution in [0.5, 0.6) is 0 Å². The molecule has 1 atom stereocenters. The molecular weight excluding hydrogens is 220 g/mol. The molecule has 4 heteroatoms. The van der Waals surface area contributed by atoms with E-state index < -0.39 is 0 Å². The SMILES string of the molecule is O=C1NN=C(c2ccccc2)[C@@H]1CCCS. The summed E-state index contributed by atoms with van der Waals surface area (Å²) < 4.78 is 0. The van der Waals surface area contributed by atoms with Crippen LogP contribution in [0.1, 0.15) is 18.4 Å². The average Bonchev–Trinajstić information content (AvgIpc) is 2.69. The fourth-order valence-electron chi connectivity index (χ4n) is 1.83. The van der Waals surface area contributed by atoms with Gasteiger partial charge in [-0.1, -0.05) is 30.3 Å². The van der Waals surface area contributed by atoms with Crippen LogP contribution in [0.4, 0.5) is 0 Å². The van der Waals surface area contributed by atoms with Crippen molar-refractivity contribution in [1.29, 1.82) is 0 Å². The van der Waals surface area contributed by atoms with Gasteiger partial charge in [0.25, 0.3) is 0 Å². The molecule has 16 heavy (non-hydrogen) atoms. The van der Waals surface area contributed by atoms with Gasteiger partial charge in [0, 0.05) is 0 Å². The molecule has 1 aliphatic rings. The lowest BCUT2D eigenvalue weighted by molar-refractivity contribution is -0.122. The van der Waals surface area contributed by atoms with Crippen molar-refractivity contribution in [3.63, 3.8) is 0 Å². The first-order chi connectivity index (χ1) is 7.83. The number of thiol groups is 1. The minimum Gasteiger partial charge on any atom is -0.272 e. The highest BCUT2D eigenvalue weighted by Crippen LogP contribution is 2.19. The van der Waals surface area contributed by atoms with Gasteiger partial charge in [0.1, 0.15) is 0 Å². The van der Waals surface area contributed by atoms with Crippen molar-refractivity contribution in [1.82, 2.24) is 5.43 Å². The second-order valence-electron chi connectivity index (χ2n) is 3.76. The first kappa shape index (κ1) is 11.2. The summed E-state index contributed by atoms with van der Waals surface area (Å²) in [5, 5.41) is 4.11. The lowest BCUT2D eigenvalue weighted by Crippen LogP contribution is -2.23. The number of rotatable bonds is 4. The van der Waals surface area contributed by atoms with Gasteiger partial charge in [-0.3, -0.25) is 4.79 Å². The summed E-state index contributed by atoms with van der Waals surface area (Å²) in [6.07, 6.45) is 1.73. The van der Waals surface area contributed by atoms with Crippen LogP contribution in [0.25, 0.3) is 0 Å². The van der Waals surface area contributed by atoms with Crippen LogP contribution in [-0.2, 0) is 4.79 Å². The summed E-state index contributed by atoms with van der Waals surface area (Å²) in [4.78, 5) is 11.6. The van der Waals surface area contributed by atoms with Crippen LogP contribution in [0, 0.1) is 5.92 Å². The molecule has 0 aliphatic carbocycles. The van der Waals surface area contributed by atoms with Gasteiger partial charge in [-0.15, -0.1) is 0 Å². The minimum atomic E-state index is -0.116. The zero-order chi connectivity index (χ0) is 11.4. The van der Waals surface area contributed by atoms with Crippen LogP contribution in [0.15, 0.2) is 35.4 Å². The smallest absolute Gasteiger partial charge is 0.249 e. The zero-order valence-electron chi connectivity index (χ0n) is 8.89. The molecule has 2 rings (SSSR count). The van der Waals surface area contributed by atoms with E-state index >= 15 is 0 Å². The summed E-state index contributed by atoms with van der Waals surface area (Å²) in [6, 6.07) is 9.82. The maximum Gasteiger partial charge on any atom is 0.249 e. The van der Waals surface area contributed by atoms with Crippen LogP contribution in [0.3, 0.4) is 0 Å². The molecular formula is C12H14N2OS. The predicted octanol–water partition coefficient (Wildman–Crippen LogP) is 1.85. The van der Waals surface area contributed by atoms with E-state index in [0.717, 1.165) is 29.9 Å². The van der Waals surface area contributed by atoms with E-state index in [2.05, 4.69) is 23.2 Å². The molecule has 1 N–H and O–H groups in total. The molecule has 0 spiro atoms. The average molecular weight is 234 g/mol. The first-order valence-electron chi connectivity index (χ1n) is 5.36. The highest BCUT2D eigenvalue weighted by molar-refractivity contribution is 7.80. The van der Waals surface area contributed by atoms with Crippen LogP contribution in [-0.4, -0.2) is 17.4 Å². The fourth-order valence-corrected chi connectivity index (χ4v) is 2.02. The Morgan fingerprint density at radius 3 is 2.75 bits per heavy atom. The minimum absolute atomic E-state index is 0.000589. The fraction of sp³-hybridized carbons (Fsp3) is 0.333. The third-order valence-corrected chi connectivity index (χ3v) is 2.97. The number of benzene rings is 1. The van der Waals surface area contributed by atoms with Crippen molar-refractivity contribution in [2.24, 2.45) is 11.0 Å². The van der Waals surface area contributed by atoms with Gasteiger partial charge in [-0.2, -0.15) is 17.7 Å². The van der Waals surface area contributed by atoms with Gasteiger partial charge in [-0.25, -0.2) is 5.43 Å². The van der Waals surface area contributed by atoms with Gasteiger partial charge in [0.05, 0.1) is 11.6 Å². The Labute approximate surface area is 100 Å². The van der Waals surface area contributed by atoms with Crippen LogP contribution < -0.4 is 5.43 Å². The van der Waals surface area contributed by atoms with Crippen molar-refractivity contribution < 1.29 is 4.79 Å². The summed E-state index contributed by atoms with van der Waals surface area (Å²) in [7, 11) is 0. The van der Waals surface area contributed by atoms with Gasteiger partial charge >= 0.3 is 0 Å². The van der Waals surface area contributed by atoms with Crippen molar-refractivity contribution in [2.75, 3.05) is 5.75 Å². The molecule has 0 aromatic heterocycles. The van der Waals surface area contributed by atoms with Gasteiger partial charge in [0.2, 0.25) is 5.91 Å². The second-order valence-corrected chi connectivity index (χ2v) is 4.20. The lowest BCUT2D eigenvalue weighted by Gasteiger charge is -2.09. The summed E-state index contributed by atoms with van der Waals surface area (Å²) in [6.45, 7) is 0. The van der Waals surface area contributed by atoms with E-state index in [-0.39, 0.29) is 11.8 Å². The Kier molecular flexibility index (Phi) is 3.62. The number of hydrogen-bond acceptors (Lipinski definition) is 3. The largest absolute Gasteiger partial charge is 0.272 e. The maximum absolute atomic E-state index is 11.6. The molecule has 1 aromatic carbocycles. The topological polar surface area (TPSA) is 41.5 Å². The molecule has 0 saturated carbocycles. The third-order valence-electron chi connectivity index (χ3n) is 2.65. The lowest BCUT2D eigenvalue weighted by atomic mass is 9.93. The van der Waals surface area contributed by atoms with Crippen molar-refractivity contribution in [2.45, 2.75) is 12.8 Å². The van der Waals surface area contributed by atoms with Crippen molar-refractivity contribution >= 4 is 24.2 Å². The molecule has 1 aromatic rings. The normalized spacial score (nSPS) is 19.4. The Morgan fingerprint density at radius 2 is 2.06 bits per heavy atom. The van der Waals surface area contributed by atoms with E-state index in [1.165, 1.54) is 0 Å². The van der Waals surface area contributed by atoms with Gasteiger partial charge in [-0.05, 0) is 24.2 Å². The zero-order valence-corrected chi connectivity index (χ0v) is 9.78. The molecule has 0 radical (unpaired) electrons. The number of amides is 1. The molecule has 1 amide bonds. The van der Waals surface area contributed by atoms with Crippen molar-refractivity contribution in [3.05, 3.63) is 35.9 Å². The first-order valence-corrected chi connectivity index (χ1v) is 6.00. The number of nitrogens with one attached hydrogen (secondary N) is 1. The number of carbonyl (C=O) groups excluding carboxylic acids is 1. The molecule has 1 aliphatic heterocycles. The number of nitrogens with zero attached hydrogens (tertiary/aromatic N) is 1. The Morgan fingerprint density at radius 1 is 1.31 bits per heavy atom. The molecule has 0 saturated heterocycles. The van der Waals surface area contributed by atoms with Crippen LogP contribution >= 0.6 is 12.6 Å². The highest BCUT2D eigenvalue weighted by atomic mass is 32.1. The summed E-state index contributed by atoms with van der Waals surface area (Å²) in [5.41, 5.74) is 4.42. The van der Waals surface area contributed by atoms with Gasteiger partial charge < -0.3 is 0 Å². The van der Waals surface area contributed by atoms with Crippen molar-refractivity contribution in [3.8, 4) is 0 Å². The van der Waals surface area contributed by atoms with E-state index in [1.54, 1.807) is 0 Å².